The number of amides is 2. The number of halogens is 2. The molecule has 1 saturated carbocycles. The van der Waals surface area contributed by atoms with E-state index in [9.17, 15) is 18.4 Å². The van der Waals surface area contributed by atoms with Gasteiger partial charge in [-0.3, -0.25) is 9.59 Å². The molecule has 2 amide bonds. The second-order valence-corrected chi connectivity index (χ2v) is 6.21. The highest BCUT2D eigenvalue weighted by Crippen LogP contribution is 2.30. The first kappa shape index (κ1) is 17.1. The molecule has 2 N–H and O–H groups in total. The van der Waals surface area contributed by atoms with Crippen LogP contribution in [0.15, 0.2) is 42.5 Å². The molecule has 1 fully saturated rings. The Bertz CT molecular complexity index is 819. The molecule has 4 nitrogen and oxygen atoms in total. The van der Waals surface area contributed by atoms with Crippen molar-refractivity contribution in [3.8, 4) is 0 Å². The molecule has 0 heterocycles. The monoisotopic (exact) mass is 344 g/mol. The van der Waals surface area contributed by atoms with E-state index >= 15 is 0 Å². The molecule has 1 aliphatic rings. The molecule has 130 valence electrons. The Labute approximate surface area is 144 Å². The lowest BCUT2D eigenvalue weighted by Gasteiger charge is -2.15. The van der Waals surface area contributed by atoms with Gasteiger partial charge in [-0.2, -0.15) is 0 Å². The van der Waals surface area contributed by atoms with Crippen molar-refractivity contribution in [2.75, 3.05) is 5.32 Å². The minimum absolute atomic E-state index is 0.0423. The average molecular weight is 344 g/mol. The summed E-state index contributed by atoms with van der Waals surface area (Å²) >= 11 is 0. The first-order valence-corrected chi connectivity index (χ1v) is 8.11. The molecule has 0 spiro atoms. The summed E-state index contributed by atoms with van der Waals surface area (Å²) in [6, 6.07) is 9.17. The lowest BCUT2D eigenvalue weighted by atomic mass is 10.1. The van der Waals surface area contributed by atoms with Crippen LogP contribution in [0.2, 0.25) is 0 Å². The number of hydrogen-bond donors (Lipinski definition) is 2. The molecule has 0 radical (unpaired) electrons. The molecular weight excluding hydrogens is 326 g/mol. The van der Waals surface area contributed by atoms with Crippen molar-refractivity contribution in [3.63, 3.8) is 0 Å². The van der Waals surface area contributed by atoms with Gasteiger partial charge >= 0.3 is 0 Å². The topological polar surface area (TPSA) is 58.2 Å². The highest BCUT2D eigenvalue weighted by molar-refractivity contribution is 5.98. The van der Waals surface area contributed by atoms with E-state index in [0.29, 0.717) is 11.3 Å². The fourth-order valence-electron chi connectivity index (χ4n) is 2.54. The van der Waals surface area contributed by atoms with E-state index in [2.05, 4.69) is 10.6 Å². The molecule has 0 aliphatic heterocycles. The predicted molar refractivity (Wildman–Crippen MR) is 90.0 cm³/mol. The summed E-state index contributed by atoms with van der Waals surface area (Å²) in [5, 5.41) is 5.45. The molecule has 6 heteroatoms. The minimum atomic E-state index is -0.710. The standard InChI is InChI=1S/C19H18F2N2O2/c1-11(16-8-7-14(20)10-17(16)21)22-19(25)13-3-2-4-15(9-13)23-18(24)12-5-6-12/h2-4,7-12H,5-6H2,1H3,(H,22,25)(H,23,24)/t11-/m0/s1. The Morgan fingerprint density at radius 3 is 2.56 bits per heavy atom. The zero-order chi connectivity index (χ0) is 18.0. The van der Waals surface area contributed by atoms with Gasteiger partial charge in [0.2, 0.25) is 5.91 Å². The molecule has 0 saturated heterocycles. The van der Waals surface area contributed by atoms with Gasteiger partial charge < -0.3 is 10.6 Å². The normalized spacial score (nSPS) is 14.7. The second kappa shape index (κ2) is 7.01. The summed E-state index contributed by atoms with van der Waals surface area (Å²) < 4.78 is 26.8. The summed E-state index contributed by atoms with van der Waals surface area (Å²) in [5.74, 6) is -1.76. The van der Waals surface area contributed by atoms with Gasteiger partial charge in [0.1, 0.15) is 11.6 Å². The van der Waals surface area contributed by atoms with Crippen LogP contribution < -0.4 is 10.6 Å². The van der Waals surface area contributed by atoms with Crippen LogP contribution in [0.5, 0.6) is 0 Å². The van der Waals surface area contributed by atoms with Gasteiger partial charge in [0.05, 0.1) is 6.04 Å². The van der Waals surface area contributed by atoms with Gasteiger partial charge in [0, 0.05) is 28.8 Å². The van der Waals surface area contributed by atoms with Crippen molar-refractivity contribution in [2.45, 2.75) is 25.8 Å². The van der Waals surface area contributed by atoms with Crippen molar-refractivity contribution in [1.29, 1.82) is 0 Å². The van der Waals surface area contributed by atoms with Gasteiger partial charge in [0.15, 0.2) is 0 Å². The zero-order valence-electron chi connectivity index (χ0n) is 13.7. The Morgan fingerprint density at radius 2 is 1.88 bits per heavy atom. The molecule has 0 unspecified atom stereocenters. The van der Waals surface area contributed by atoms with E-state index < -0.39 is 23.6 Å². The van der Waals surface area contributed by atoms with E-state index in [4.69, 9.17) is 0 Å². The van der Waals surface area contributed by atoms with Gasteiger partial charge in [-0.1, -0.05) is 12.1 Å². The Balaban J connectivity index is 1.68. The summed E-state index contributed by atoms with van der Waals surface area (Å²) in [4.78, 5) is 24.2. The van der Waals surface area contributed by atoms with Gasteiger partial charge in [-0.15, -0.1) is 0 Å². The van der Waals surface area contributed by atoms with Crippen molar-refractivity contribution in [1.82, 2.24) is 5.32 Å². The van der Waals surface area contributed by atoms with Gasteiger partial charge in [-0.25, -0.2) is 8.78 Å². The number of carbonyl (C=O) groups is 2. The fraction of sp³-hybridized carbons (Fsp3) is 0.263. The molecule has 3 rings (SSSR count). The van der Waals surface area contributed by atoms with Crippen molar-refractivity contribution < 1.29 is 18.4 Å². The first-order chi connectivity index (χ1) is 11.9. The first-order valence-electron chi connectivity index (χ1n) is 8.11. The van der Waals surface area contributed by atoms with Crippen LogP contribution in [0, 0.1) is 17.6 Å². The van der Waals surface area contributed by atoms with Crippen LogP contribution in [0.3, 0.4) is 0 Å². The van der Waals surface area contributed by atoms with Gasteiger partial charge in [-0.05, 0) is 44.0 Å². The third kappa shape index (κ3) is 4.21. The maximum Gasteiger partial charge on any atom is 0.251 e. The number of hydrogen-bond acceptors (Lipinski definition) is 2. The second-order valence-electron chi connectivity index (χ2n) is 6.21. The van der Waals surface area contributed by atoms with Crippen LogP contribution in [0.1, 0.15) is 41.7 Å². The number of benzene rings is 2. The number of carbonyl (C=O) groups excluding carboxylic acids is 2. The third-order valence-electron chi connectivity index (χ3n) is 4.12. The van der Waals surface area contributed by atoms with E-state index in [1.807, 2.05) is 0 Å². The van der Waals surface area contributed by atoms with Crippen molar-refractivity contribution in [3.05, 3.63) is 65.2 Å². The lowest BCUT2D eigenvalue weighted by molar-refractivity contribution is -0.117. The fourth-order valence-corrected chi connectivity index (χ4v) is 2.54. The van der Waals surface area contributed by atoms with Crippen LogP contribution in [0.25, 0.3) is 0 Å². The molecule has 1 atom stereocenters. The van der Waals surface area contributed by atoms with E-state index in [1.54, 1.807) is 31.2 Å². The SMILES string of the molecule is C[C@H](NC(=O)c1cccc(NC(=O)C2CC2)c1)c1ccc(F)cc1F. The highest BCUT2D eigenvalue weighted by Gasteiger charge is 2.29. The Morgan fingerprint density at radius 1 is 1.12 bits per heavy atom. The van der Waals surface area contributed by atoms with E-state index in [0.717, 1.165) is 25.0 Å². The van der Waals surface area contributed by atoms with Crippen molar-refractivity contribution >= 4 is 17.5 Å². The predicted octanol–water partition coefficient (Wildman–Crippen LogP) is 3.80. The number of anilines is 1. The Kier molecular flexibility index (Phi) is 4.79. The van der Waals surface area contributed by atoms with Gasteiger partial charge in [0.25, 0.3) is 5.91 Å². The number of rotatable bonds is 5. The smallest absolute Gasteiger partial charge is 0.251 e. The summed E-state index contributed by atoms with van der Waals surface area (Å²) in [5.41, 5.74) is 1.10. The summed E-state index contributed by atoms with van der Waals surface area (Å²) in [7, 11) is 0. The maximum absolute atomic E-state index is 13.8. The largest absolute Gasteiger partial charge is 0.345 e. The third-order valence-corrected chi connectivity index (χ3v) is 4.12. The molecule has 0 aromatic heterocycles. The molecular formula is C19H18F2N2O2. The van der Waals surface area contributed by atoms with Crippen LogP contribution in [-0.2, 0) is 4.79 Å². The van der Waals surface area contributed by atoms with Crippen molar-refractivity contribution in [2.24, 2.45) is 5.92 Å². The van der Waals surface area contributed by atoms with E-state index in [-0.39, 0.29) is 17.4 Å². The highest BCUT2D eigenvalue weighted by atomic mass is 19.1. The average Bonchev–Trinajstić information content (AvgIpc) is 3.39. The zero-order valence-corrected chi connectivity index (χ0v) is 13.7. The van der Waals surface area contributed by atoms with Crippen LogP contribution in [-0.4, -0.2) is 11.8 Å². The lowest BCUT2D eigenvalue weighted by Crippen LogP contribution is -2.27. The van der Waals surface area contributed by atoms with E-state index in [1.165, 1.54) is 6.07 Å². The quantitative estimate of drug-likeness (QED) is 0.867. The molecule has 1 aliphatic carbocycles. The Hall–Kier alpha value is -2.76. The maximum atomic E-state index is 13.8. The molecule has 25 heavy (non-hydrogen) atoms. The summed E-state index contributed by atoms with van der Waals surface area (Å²) in [6.45, 7) is 1.62. The molecule has 0 bridgehead atoms. The molecule has 2 aromatic carbocycles. The number of nitrogens with one attached hydrogen (secondary N) is 2. The minimum Gasteiger partial charge on any atom is -0.345 e. The van der Waals surface area contributed by atoms with Crippen LogP contribution in [0.4, 0.5) is 14.5 Å². The molecule has 2 aromatic rings. The summed E-state index contributed by atoms with van der Waals surface area (Å²) in [6.07, 6.45) is 1.79. The van der Waals surface area contributed by atoms with Crippen LogP contribution >= 0.6 is 0 Å².